The van der Waals surface area contributed by atoms with Gasteiger partial charge in [-0.2, -0.15) is 0 Å². The van der Waals surface area contributed by atoms with E-state index in [-0.39, 0.29) is 0 Å². The molecule has 0 atom stereocenters. The van der Waals surface area contributed by atoms with Gasteiger partial charge < -0.3 is 5.32 Å². The van der Waals surface area contributed by atoms with Crippen LogP contribution >= 0.6 is 11.6 Å². The molecule has 0 saturated heterocycles. The Hall–Kier alpha value is -0.950. The maximum atomic E-state index is 5.67. The van der Waals surface area contributed by atoms with E-state index in [2.05, 4.69) is 35.7 Å². The summed E-state index contributed by atoms with van der Waals surface area (Å²) in [7, 11) is 0. The van der Waals surface area contributed by atoms with Gasteiger partial charge in [-0.05, 0) is 37.5 Å². The third-order valence-electron chi connectivity index (χ3n) is 2.19. The summed E-state index contributed by atoms with van der Waals surface area (Å²) in [4.78, 5) is 0. The number of anilines is 1. The van der Waals surface area contributed by atoms with E-state index in [1.165, 1.54) is 11.3 Å². The maximum Gasteiger partial charge on any atom is 0.0345 e. The summed E-state index contributed by atoms with van der Waals surface area (Å²) < 4.78 is 0. The van der Waals surface area contributed by atoms with Crippen LogP contribution in [0.25, 0.3) is 0 Å². The van der Waals surface area contributed by atoms with E-state index in [1.807, 2.05) is 13.0 Å². The number of nitrogens with one attached hydrogen (secondary N) is 1. The van der Waals surface area contributed by atoms with Crippen LogP contribution in [-0.2, 0) is 6.42 Å². The Morgan fingerprint density at radius 3 is 3.00 bits per heavy atom. The minimum atomic E-state index is 0.732. The van der Waals surface area contributed by atoms with Gasteiger partial charge in [-0.15, -0.1) is 11.6 Å². The highest BCUT2D eigenvalue weighted by molar-refractivity contribution is 6.17. The fourth-order valence-electron chi connectivity index (χ4n) is 1.40. The minimum Gasteiger partial charge on any atom is -0.382 e. The van der Waals surface area contributed by atoms with Gasteiger partial charge in [-0.25, -0.2) is 0 Å². The minimum absolute atomic E-state index is 0.732. The van der Waals surface area contributed by atoms with Gasteiger partial charge in [0.25, 0.3) is 0 Å². The maximum absolute atomic E-state index is 5.67. The number of hydrogen-bond acceptors (Lipinski definition) is 1. The van der Waals surface area contributed by atoms with Gasteiger partial charge in [0.1, 0.15) is 0 Å². The monoisotopic (exact) mass is 223 g/mol. The molecule has 0 aromatic heterocycles. The summed E-state index contributed by atoms with van der Waals surface area (Å²) in [6, 6.07) is 8.51. The Labute approximate surface area is 97.1 Å². The average Bonchev–Trinajstić information content (AvgIpc) is 2.27. The lowest BCUT2D eigenvalue weighted by molar-refractivity contribution is 0.929. The van der Waals surface area contributed by atoms with Gasteiger partial charge in [-0.1, -0.05) is 24.3 Å². The number of alkyl halides is 1. The van der Waals surface area contributed by atoms with Gasteiger partial charge >= 0.3 is 0 Å². The second-order valence-corrected chi connectivity index (χ2v) is 3.82. The molecule has 0 bridgehead atoms. The van der Waals surface area contributed by atoms with E-state index >= 15 is 0 Å². The standard InChI is InChI=1S/C13H18ClN/c1-2-3-10-15-13-8-4-6-12(11-13)7-5-9-14/h2-4,6,8,11,15H,5,7,9-10H2,1H3/b3-2+. The molecule has 1 aromatic carbocycles. The third-order valence-corrected chi connectivity index (χ3v) is 2.45. The number of halogens is 1. The van der Waals surface area contributed by atoms with Crippen molar-refractivity contribution in [2.45, 2.75) is 19.8 Å². The lowest BCUT2D eigenvalue weighted by Crippen LogP contribution is -1.98. The van der Waals surface area contributed by atoms with Crippen molar-refractivity contribution in [1.82, 2.24) is 0 Å². The first-order chi connectivity index (χ1) is 7.36. The fraction of sp³-hybridized carbons (Fsp3) is 0.385. The highest BCUT2D eigenvalue weighted by Gasteiger charge is 1.94. The number of allylic oxidation sites excluding steroid dienone is 1. The summed E-state index contributed by atoms with van der Waals surface area (Å²) in [6.45, 7) is 2.91. The normalized spacial score (nSPS) is 10.8. The van der Waals surface area contributed by atoms with Crippen LogP contribution in [0, 0.1) is 0 Å². The van der Waals surface area contributed by atoms with Crippen molar-refractivity contribution in [2.75, 3.05) is 17.7 Å². The molecule has 1 N–H and O–H groups in total. The first-order valence-corrected chi connectivity index (χ1v) is 5.90. The van der Waals surface area contributed by atoms with Crippen LogP contribution in [0.1, 0.15) is 18.9 Å². The smallest absolute Gasteiger partial charge is 0.0345 e. The summed E-state index contributed by atoms with van der Waals surface area (Å²) in [5.41, 5.74) is 2.53. The van der Waals surface area contributed by atoms with Crippen LogP contribution in [0.2, 0.25) is 0 Å². The van der Waals surface area contributed by atoms with Crippen molar-refractivity contribution >= 4 is 17.3 Å². The molecule has 0 aliphatic rings. The summed E-state index contributed by atoms with van der Waals surface area (Å²) in [5.74, 6) is 0.732. The first kappa shape index (κ1) is 12.1. The van der Waals surface area contributed by atoms with Gasteiger partial charge in [-0.3, -0.25) is 0 Å². The summed E-state index contributed by atoms with van der Waals surface area (Å²) in [5, 5.41) is 3.34. The van der Waals surface area contributed by atoms with E-state index in [0.29, 0.717) is 0 Å². The van der Waals surface area contributed by atoms with Gasteiger partial charge in [0.05, 0.1) is 0 Å². The van der Waals surface area contributed by atoms with E-state index in [0.717, 1.165) is 25.3 Å². The number of benzene rings is 1. The third kappa shape index (κ3) is 4.89. The second kappa shape index (κ2) is 7.36. The zero-order valence-electron chi connectivity index (χ0n) is 9.17. The summed E-state index contributed by atoms with van der Waals surface area (Å²) >= 11 is 5.67. The quantitative estimate of drug-likeness (QED) is 0.571. The zero-order chi connectivity index (χ0) is 10.9. The predicted molar refractivity (Wildman–Crippen MR) is 68.8 cm³/mol. The van der Waals surface area contributed by atoms with Crippen molar-refractivity contribution in [2.24, 2.45) is 0 Å². The van der Waals surface area contributed by atoms with Gasteiger partial charge in [0, 0.05) is 18.1 Å². The topological polar surface area (TPSA) is 12.0 Å². The van der Waals surface area contributed by atoms with Crippen LogP contribution in [0.4, 0.5) is 5.69 Å². The molecule has 2 heteroatoms. The zero-order valence-corrected chi connectivity index (χ0v) is 9.93. The molecule has 0 saturated carbocycles. The first-order valence-electron chi connectivity index (χ1n) is 5.36. The largest absolute Gasteiger partial charge is 0.382 e. The SMILES string of the molecule is C/C=C/CNc1cccc(CCCCl)c1. The van der Waals surface area contributed by atoms with Crippen LogP contribution in [0.15, 0.2) is 36.4 Å². The van der Waals surface area contributed by atoms with Crippen LogP contribution in [0.5, 0.6) is 0 Å². The van der Waals surface area contributed by atoms with Crippen molar-refractivity contribution in [3.63, 3.8) is 0 Å². The van der Waals surface area contributed by atoms with Crippen molar-refractivity contribution < 1.29 is 0 Å². The van der Waals surface area contributed by atoms with E-state index < -0.39 is 0 Å². The van der Waals surface area contributed by atoms with Gasteiger partial charge in [0.2, 0.25) is 0 Å². The van der Waals surface area contributed by atoms with Crippen LogP contribution in [-0.4, -0.2) is 12.4 Å². The number of rotatable bonds is 6. The molecule has 1 nitrogen and oxygen atoms in total. The van der Waals surface area contributed by atoms with E-state index in [1.54, 1.807) is 0 Å². The highest BCUT2D eigenvalue weighted by Crippen LogP contribution is 2.12. The Morgan fingerprint density at radius 2 is 2.27 bits per heavy atom. The predicted octanol–water partition coefficient (Wildman–Crippen LogP) is 3.85. The number of hydrogen-bond donors (Lipinski definition) is 1. The second-order valence-electron chi connectivity index (χ2n) is 3.44. The van der Waals surface area contributed by atoms with Crippen LogP contribution in [0.3, 0.4) is 0 Å². The molecule has 1 rings (SSSR count). The molecule has 0 aliphatic carbocycles. The molecule has 82 valence electrons. The molecule has 0 amide bonds. The summed E-state index contributed by atoms with van der Waals surface area (Å²) in [6.07, 6.45) is 6.25. The Bertz CT molecular complexity index is 307. The number of aryl methyl sites for hydroxylation is 1. The highest BCUT2D eigenvalue weighted by atomic mass is 35.5. The molecule has 0 radical (unpaired) electrons. The Morgan fingerprint density at radius 1 is 1.40 bits per heavy atom. The Kier molecular flexibility index (Phi) is 5.94. The molecule has 0 aliphatic heterocycles. The molecule has 0 heterocycles. The van der Waals surface area contributed by atoms with Crippen LogP contribution < -0.4 is 5.32 Å². The molecule has 0 fully saturated rings. The lowest BCUT2D eigenvalue weighted by atomic mass is 10.1. The molecule has 0 unspecified atom stereocenters. The average molecular weight is 224 g/mol. The van der Waals surface area contributed by atoms with Crippen molar-refractivity contribution in [1.29, 1.82) is 0 Å². The van der Waals surface area contributed by atoms with E-state index in [4.69, 9.17) is 11.6 Å². The molecule has 15 heavy (non-hydrogen) atoms. The molecule has 1 aromatic rings. The molecular weight excluding hydrogens is 206 g/mol. The fourth-order valence-corrected chi connectivity index (χ4v) is 1.54. The van der Waals surface area contributed by atoms with Crippen molar-refractivity contribution in [3.8, 4) is 0 Å². The van der Waals surface area contributed by atoms with Crippen molar-refractivity contribution in [3.05, 3.63) is 42.0 Å². The lowest BCUT2D eigenvalue weighted by Gasteiger charge is -2.05. The Balaban J connectivity index is 2.49. The van der Waals surface area contributed by atoms with Gasteiger partial charge in [0.15, 0.2) is 0 Å². The molecular formula is C13H18ClN. The molecule has 0 spiro atoms. The van der Waals surface area contributed by atoms with E-state index in [9.17, 15) is 0 Å².